The lowest BCUT2D eigenvalue weighted by Crippen LogP contribution is -2.35. The maximum absolute atomic E-state index is 12.7. The Morgan fingerprint density at radius 2 is 1.68 bits per heavy atom. The number of benzene rings is 2. The van der Waals surface area contributed by atoms with Gasteiger partial charge in [0.2, 0.25) is 5.75 Å². The number of para-hydroxylation sites is 1. The van der Waals surface area contributed by atoms with Crippen LogP contribution in [0.4, 0.5) is 16.2 Å². The molecule has 0 spiro atoms. The summed E-state index contributed by atoms with van der Waals surface area (Å²) in [6, 6.07) is 5.83. The second kappa shape index (κ2) is 8.70. The minimum Gasteiger partial charge on any atom is -0.495 e. The minimum absolute atomic E-state index is 0.000165. The van der Waals surface area contributed by atoms with Gasteiger partial charge in [-0.05, 0) is 40.9 Å². The third kappa shape index (κ3) is 4.22. The molecule has 2 N–H and O–H groups in total. The highest BCUT2D eigenvalue weighted by Crippen LogP contribution is 2.42. The standard InChI is InChI=1S/C18H18BrN3O6/c1-9-6-5-7-10(2)14(9)20-18(24)21-17(23)13-15(27-3)11(19)8-12(22(25)26)16(13)28-4/h5-8H,1-4H3,(H2,20,21,23,24). The number of nitro groups is 1. The van der Waals surface area contributed by atoms with Crippen LogP contribution in [0.25, 0.3) is 0 Å². The van der Waals surface area contributed by atoms with Gasteiger partial charge in [-0.25, -0.2) is 4.79 Å². The quantitative estimate of drug-likeness (QED) is 0.524. The number of ether oxygens (including phenoxy) is 2. The van der Waals surface area contributed by atoms with Crippen LogP contribution in [-0.2, 0) is 0 Å². The maximum Gasteiger partial charge on any atom is 0.326 e. The molecule has 0 saturated heterocycles. The van der Waals surface area contributed by atoms with Gasteiger partial charge in [0.05, 0.1) is 23.6 Å². The van der Waals surface area contributed by atoms with Crippen molar-refractivity contribution in [2.45, 2.75) is 13.8 Å². The van der Waals surface area contributed by atoms with Gasteiger partial charge in [0.25, 0.3) is 5.91 Å². The number of rotatable bonds is 5. The first-order chi connectivity index (χ1) is 13.2. The Kier molecular flexibility index (Phi) is 6.57. The van der Waals surface area contributed by atoms with Crippen LogP contribution in [0.2, 0.25) is 0 Å². The molecule has 0 fully saturated rings. The normalized spacial score (nSPS) is 10.2. The van der Waals surface area contributed by atoms with Gasteiger partial charge in [0.1, 0.15) is 11.3 Å². The highest BCUT2D eigenvalue weighted by Gasteiger charge is 2.30. The Balaban J connectivity index is 2.40. The second-order valence-corrected chi connectivity index (χ2v) is 6.61. The number of methoxy groups -OCH3 is 2. The van der Waals surface area contributed by atoms with Gasteiger partial charge in [-0.2, -0.15) is 0 Å². The van der Waals surface area contributed by atoms with Crippen LogP contribution in [-0.4, -0.2) is 31.1 Å². The van der Waals surface area contributed by atoms with Crippen LogP contribution < -0.4 is 20.1 Å². The van der Waals surface area contributed by atoms with Gasteiger partial charge in [0.15, 0.2) is 0 Å². The molecule has 10 heteroatoms. The Labute approximate surface area is 169 Å². The maximum atomic E-state index is 12.7. The third-order valence-electron chi connectivity index (χ3n) is 3.95. The summed E-state index contributed by atoms with van der Waals surface area (Å²) in [5.41, 5.74) is 1.47. The lowest BCUT2D eigenvalue weighted by atomic mass is 10.1. The Bertz CT molecular complexity index is 941. The van der Waals surface area contributed by atoms with Crippen molar-refractivity contribution in [2.24, 2.45) is 0 Å². The first-order valence-corrected chi connectivity index (χ1v) is 8.78. The SMILES string of the molecule is COc1c(Br)cc([N+](=O)[O-])c(OC)c1C(=O)NC(=O)Nc1c(C)cccc1C. The molecule has 0 bridgehead atoms. The van der Waals surface area contributed by atoms with Crippen molar-refractivity contribution in [1.82, 2.24) is 5.32 Å². The molecule has 148 valence electrons. The number of halogens is 1. The summed E-state index contributed by atoms with van der Waals surface area (Å²) in [7, 11) is 2.47. The van der Waals surface area contributed by atoms with Crippen molar-refractivity contribution in [2.75, 3.05) is 19.5 Å². The molecule has 0 saturated carbocycles. The molecule has 0 radical (unpaired) electrons. The number of imide groups is 1. The van der Waals surface area contributed by atoms with E-state index in [1.54, 1.807) is 0 Å². The fourth-order valence-electron chi connectivity index (χ4n) is 2.67. The predicted octanol–water partition coefficient (Wildman–Crippen LogP) is 3.95. The molecular formula is C18H18BrN3O6. The summed E-state index contributed by atoms with van der Waals surface area (Å²) in [6.45, 7) is 3.63. The summed E-state index contributed by atoms with van der Waals surface area (Å²) in [5, 5.41) is 16.1. The van der Waals surface area contributed by atoms with Crippen LogP contribution in [0, 0.1) is 24.0 Å². The van der Waals surface area contributed by atoms with E-state index in [9.17, 15) is 19.7 Å². The smallest absolute Gasteiger partial charge is 0.326 e. The molecule has 0 aliphatic heterocycles. The number of nitrogens with one attached hydrogen (secondary N) is 2. The van der Waals surface area contributed by atoms with Crippen LogP contribution in [0.15, 0.2) is 28.7 Å². The number of nitrogens with zero attached hydrogens (tertiary/aromatic N) is 1. The van der Waals surface area contributed by atoms with E-state index in [0.717, 1.165) is 17.2 Å². The van der Waals surface area contributed by atoms with E-state index in [4.69, 9.17) is 9.47 Å². The van der Waals surface area contributed by atoms with E-state index < -0.39 is 22.5 Å². The number of carbonyl (C=O) groups excluding carboxylic acids is 2. The molecule has 0 aliphatic carbocycles. The monoisotopic (exact) mass is 451 g/mol. The third-order valence-corrected chi connectivity index (χ3v) is 4.53. The molecular weight excluding hydrogens is 434 g/mol. The number of amides is 3. The average molecular weight is 452 g/mol. The van der Waals surface area contributed by atoms with Crippen LogP contribution >= 0.6 is 15.9 Å². The summed E-state index contributed by atoms with van der Waals surface area (Å²) < 4.78 is 10.4. The van der Waals surface area contributed by atoms with Crippen molar-refractivity contribution < 1.29 is 24.0 Å². The Morgan fingerprint density at radius 3 is 2.18 bits per heavy atom. The molecule has 9 nitrogen and oxygen atoms in total. The molecule has 0 aromatic heterocycles. The molecule has 0 heterocycles. The molecule has 0 aliphatic rings. The van der Waals surface area contributed by atoms with Crippen molar-refractivity contribution in [3.63, 3.8) is 0 Å². The molecule has 2 rings (SSSR count). The summed E-state index contributed by atoms with van der Waals surface area (Å²) >= 11 is 3.13. The number of carbonyl (C=O) groups is 2. The average Bonchev–Trinajstić information content (AvgIpc) is 2.63. The molecule has 2 aromatic carbocycles. The molecule has 2 aromatic rings. The topological polar surface area (TPSA) is 120 Å². The molecule has 28 heavy (non-hydrogen) atoms. The number of aryl methyl sites for hydroxylation is 2. The van der Waals surface area contributed by atoms with Crippen molar-refractivity contribution in [3.05, 3.63) is 55.5 Å². The largest absolute Gasteiger partial charge is 0.495 e. The first-order valence-electron chi connectivity index (χ1n) is 7.98. The van der Waals surface area contributed by atoms with E-state index >= 15 is 0 Å². The van der Waals surface area contributed by atoms with Crippen molar-refractivity contribution in [1.29, 1.82) is 0 Å². The zero-order chi connectivity index (χ0) is 21.0. The van der Waals surface area contributed by atoms with E-state index in [2.05, 4.69) is 26.6 Å². The molecule has 0 atom stereocenters. The predicted molar refractivity (Wildman–Crippen MR) is 106 cm³/mol. The van der Waals surface area contributed by atoms with Gasteiger partial charge >= 0.3 is 11.7 Å². The van der Waals surface area contributed by atoms with Gasteiger partial charge in [0, 0.05) is 11.8 Å². The van der Waals surface area contributed by atoms with Gasteiger partial charge in [-0.15, -0.1) is 0 Å². The number of hydrogen-bond donors (Lipinski definition) is 2. The number of anilines is 1. The van der Waals surface area contributed by atoms with Gasteiger partial charge < -0.3 is 14.8 Å². The highest BCUT2D eigenvalue weighted by atomic mass is 79.9. The summed E-state index contributed by atoms with van der Waals surface area (Å²) in [6.07, 6.45) is 0. The molecule has 0 unspecified atom stereocenters. The van der Waals surface area contributed by atoms with E-state index in [1.807, 2.05) is 32.0 Å². The van der Waals surface area contributed by atoms with Crippen LogP contribution in [0.1, 0.15) is 21.5 Å². The summed E-state index contributed by atoms with van der Waals surface area (Å²) in [4.78, 5) is 35.7. The van der Waals surface area contributed by atoms with E-state index in [1.165, 1.54) is 14.2 Å². The number of nitro benzene ring substituents is 1. The van der Waals surface area contributed by atoms with Crippen LogP contribution in [0.3, 0.4) is 0 Å². The van der Waals surface area contributed by atoms with E-state index in [0.29, 0.717) is 5.69 Å². The Morgan fingerprint density at radius 1 is 1.11 bits per heavy atom. The zero-order valence-electron chi connectivity index (χ0n) is 15.6. The number of urea groups is 1. The van der Waals surface area contributed by atoms with Gasteiger partial charge in [-0.1, -0.05) is 18.2 Å². The van der Waals surface area contributed by atoms with Crippen molar-refractivity contribution >= 4 is 39.2 Å². The highest BCUT2D eigenvalue weighted by molar-refractivity contribution is 9.10. The number of hydrogen-bond acceptors (Lipinski definition) is 6. The molecule has 3 amide bonds. The van der Waals surface area contributed by atoms with E-state index in [-0.39, 0.29) is 21.5 Å². The summed E-state index contributed by atoms with van der Waals surface area (Å²) in [5.74, 6) is -1.23. The second-order valence-electron chi connectivity index (χ2n) is 5.75. The minimum atomic E-state index is -0.915. The van der Waals surface area contributed by atoms with Crippen LogP contribution in [0.5, 0.6) is 11.5 Å². The lowest BCUT2D eigenvalue weighted by Gasteiger charge is -2.15. The lowest BCUT2D eigenvalue weighted by molar-refractivity contribution is -0.385. The van der Waals surface area contributed by atoms with Crippen molar-refractivity contribution in [3.8, 4) is 11.5 Å². The van der Waals surface area contributed by atoms with Gasteiger partial charge in [-0.3, -0.25) is 20.2 Å². The zero-order valence-corrected chi connectivity index (χ0v) is 17.2. The first kappa shape index (κ1) is 21.2. The Hall–Kier alpha value is -3.14. The fourth-order valence-corrected chi connectivity index (χ4v) is 3.25. The fraction of sp³-hybridized carbons (Fsp3) is 0.222.